The molecule has 0 aliphatic heterocycles. The van der Waals surface area contributed by atoms with Crippen LogP contribution in [-0.2, 0) is 60.9 Å². The quantitative estimate of drug-likeness (QED) is 0.0898. The van der Waals surface area contributed by atoms with Crippen LogP contribution < -0.4 is 18.3 Å². The summed E-state index contributed by atoms with van der Waals surface area (Å²) in [5.41, 5.74) is 19.0. The van der Waals surface area contributed by atoms with Crippen LogP contribution in [0.2, 0.25) is 0 Å². The van der Waals surface area contributed by atoms with E-state index in [9.17, 15) is 0 Å². The van der Waals surface area contributed by atoms with E-state index in [1.807, 2.05) is 59.4 Å². The molecule has 10 aromatic carbocycles. The van der Waals surface area contributed by atoms with Crippen LogP contribution in [0.3, 0.4) is 0 Å². The standard InChI is InChI=1S/3C17H16N.C15H14NS.C15H14N.Y/c1-13-7-3-6-10-16(13)17-11-14-8-4-5-9-15(14)12-18(17)2;2*1-13-7-3-5-9-15(13)17-16-10-6-4-8-14(16)11-12-18(17)2;1-11-7-3-4-8-12(11)15-16(2)13-9-5-6-10-14(13)17-15;1-13-8-6-7-9-14(13)12-16(2)15-10-4-3-5-11-15;/h3*3-12H,1-2H3;3-10H,1-2H3;3-10H,1-2H3;/q4*+1;-1;. The minimum atomic E-state index is 0. The van der Waals surface area contributed by atoms with Crippen LogP contribution in [-0.4, -0.2) is 17.8 Å². The molecule has 7 heteroatoms. The van der Waals surface area contributed by atoms with Gasteiger partial charge in [-0.05, 0) is 115 Å². The van der Waals surface area contributed by atoms with Crippen LogP contribution in [0, 0.1) is 40.7 Å². The SMILES string of the molecule is Cc1ccccc1-c1c2ccccc2cc[n+]1C.Cc1ccccc1-c1c2ccccc2cc[n+]1C.Cc1ccccc1-c1cc2ccccc2c[n+]1C.Cc1ccccc1-c1sc2ccccc2[n+]1C.Cc1ccccc1[C-]=[N+](C)c1[c-]cccc1.[Y]. The molecule has 0 bridgehead atoms. The summed E-state index contributed by atoms with van der Waals surface area (Å²) in [6.45, 7) is 10.7. The van der Waals surface area contributed by atoms with E-state index in [0.29, 0.717) is 0 Å². The summed E-state index contributed by atoms with van der Waals surface area (Å²) in [7, 11) is 10.4. The first kappa shape index (κ1) is 63.6. The van der Waals surface area contributed by atoms with E-state index in [1.165, 1.54) is 115 Å². The number of rotatable bonds is 6. The number of para-hydroxylation sites is 2. The number of thiazole rings is 1. The third-order valence-corrected chi connectivity index (χ3v) is 17.2. The molecule has 14 rings (SSSR count). The Balaban J connectivity index is 0.000000131. The maximum absolute atomic E-state index is 3.33. The van der Waals surface area contributed by atoms with E-state index in [2.05, 4.69) is 336 Å². The summed E-state index contributed by atoms with van der Waals surface area (Å²) in [4.78, 5) is 0. The van der Waals surface area contributed by atoms with Gasteiger partial charge in [0.15, 0.2) is 24.8 Å². The van der Waals surface area contributed by atoms with E-state index >= 15 is 0 Å². The van der Waals surface area contributed by atoms with Crippen molar-refractivity contribution in [1.29, 1.82) is 0 Å². The summed E-state index contributed by atoms with van der Waals surface area (Å²) in [6.07, 6.45) is 9.78. The Hall–Kier alpha value is -8.91. The summed E-state index contributed by atoms with van der Waals surface area (Å²) in [5.74, 6) is 0. The monoisotopic (exact) mass is 1240 g/mol. The maximum atomic E-state index is 3.33. The summed E-state index contributed by atoms with van der Waals surface area (Å²) in [6, 6.07) is 94.1. The maximum Gasteiger partial charge on any atom is 0.270 e. The van der Waals surface area contributed by atoms with E-state index in [0.717, 1.165) is 11.3 Å². The third kappa shape index (κ3) is 15.1. The van der Waals surface area contributed by atoms with Crippen LogP contribution >= 0.6 is 11.3 Å². The first-order valence-electron chi connectivity index (χ1n) is 29.6. The van der Waals surface area contributed by atoms with Gasteiger partial charge in [0, 0.05) is 84.7 Å². The van der Waals surface area contributed by atoms with E-state index in [4.69, 9.17) is 0 Å². The fourth-order valence-corrected chi connectivity index (χ4v) is 12.3. The second-order valence-electron chi connectivity index (χ2n) is 22.1. The van der Waals surface area contributed by atoms with Crippen molar-refractivity contribution in [1.82, 2.24) is 0 Å². The Bertz CT molecular complexity index is 4580. The van der Waals surface area contributed by atoms with Gasteiger partial charge in [-0.2, -0.15) is 28.8 Å². The van der Waals surface area contributed by atoms with E-state index < -0.39 is 0 Å². The van der Waals surface area contributed by atoms with Gasteiger partial charge in [-0.25, -0.2) is 13.7 Å². The van der Waals surface area contributed by atoms with Gasteiger partial charge in [0.05, 0.1) is 16.3 Å². The molecule has 0 spiro atoms. The van der Waals surface area contributed by atoms with Crippen molar-refractivity contribution >= 4 is 65.8 Å². The van der Waals surface area contributed by atoms with Crippen molar-refractivity contribution in [2.24, 2.45) is 28.2 Å². The smallest absolute Gasteiger partial charge is 0.270 e. The Kier molecular flexibility index (Phi) is 21.8. The summed E-state index contributed by atoms with van der Waals surface area (Å²) in [5, 5.41) is 9.06. The van der Waals surface area contributed by atoms with Crippen molar-refractivity contribution < 1.29 is 55.6 Å². The Morgan fingerprint density at radius 2 is 0.830 bits per heavy atom. The normalized spacial score (nSPS) is 10.8. The van der Waals surface area contributed by atoms with E-state index in [-0.39, 0.29) is 32.7 Å². The first-order chi connectivity index (χ1) is 42.3. The Labute approximate surface area is 550 Å². The molecule has 0 fully saturated rings. The number of nitrogens with zero attached hydrogens (tertiary/aromatic N) is 5. The number of aromatic nitrogens is 4. The van der Waals surface area contributed by atoms with Crippen LogP contribution in [0.4, 0.5) is 5.69 Å². The topological polar surface area (TPSA) is 18.5 Å². The predicted octanol–water partition coefficient (Wildman–Crippen LogP) is 17.7. The van der Waals surface area contributed by atoms with Gasteiger partial charge in [-0.3, -0.25) is 4.58 Å². The van der Waals surface area contributed by atoms with Gasteiger partial charge in [-0.1, -0.05) is 169 Å². The van der Waals surface area contributed by atoms with Crippen molar-refractivity contribution in [2.45, 2.75) is 34.6 Å². The number of fused-ring (bicyclic) bond motifs is 4. The predicted molar refractivity (Wildman–Crippen MR) is 365 cm³/mol. The number of benzene rings is 10. The van der Waals surface area contributed by atoms with Gasteiger partial charge in [0.2, 0.25) is 22.6 Å². The number of pyridine rings is 3. The molecule has 0 unspecified atom stereocenters. The minimum absolute atomic E-state index is 0. The summed E-state index contributed by atoms with van der Waals surface area (Å²) >= 11 is 1.85. The second-order valence-corrected chi connectivity index (χ2v) is 23.1. The molecule has 0 saturated heterocycles. The average molecular weight is 1240 g/mol. The summed E-state index contributed by atoms with van der Waals surface area (Å²) < 4.78 is 12.2. The molecule has 0 amide bonds. The van der Waals surface area contributed by atoms with Gasteiger partial charge in [0.25, 0.3) is 5.01 Å². The zero-order chi connectivity index (χ0) is 60.8. The molecule has 0 aliphatic carbocycles. The zero-order valence-electron chi connectivity index (χ0n) is 52.3. The van der Waals surface area contributed by atoms with Crippen molar-refractivity contribution in [2.75, 3.05) is 7.05 Å². The zero-order valence-corrected chi connectivity index (χ0v) is 55.9. The molecule has 431 valence electrons. The molecule has 0 N–H and O–H groups in total. The molecule has 0 saturated carbocycles. The number of hydrogen-bond acceptors (Lipinski definition) is 1. The average Bonchev–Trinajstić information content (AvgIpc) is 3.07. The minimum Gasteiger partial charge on any atom is -0.299 e. The van der Waals surface area contributed by atoms with Crippen molar-refractivity contribution in [3.63, 3.8) is 0 Å². The van der Waals surface area contributed by atoms with Gasteiger partial charge < -0.3 is 0 Å². The number of hydrogen-bond donors (Lipinski definition) is 0. The Morgan fingerprint density at radius 3 is 1.34 bits per heavy atom. The molecular formula is C81H76N5SY+3. The molecule has 1 radical (unpaired) electrons. The fourth-order valence-electron chi connectivity index (χ4n) is 11.1. The Morgan fingerprint density at radius 1 is 0.398 bits per heavy atom. The second kappa shape index (κ2) is 30.1. The van der Waals surface area contributed by atoms with Gasteiger partial charge in [0.1, 0.15) is 39.9 Å². The van der Waals surface area contributed by atoms with Crippen LogP contribution in [0.15, 0.2) is 279 Å². The molecular weight excluding hydrogens is 1160 g/mol. The van der Waals surface area contributed by atoms with Gasteiger partial charge >= 0.3 is 0 Å². The largest absolute Gasteiger partial charge is 0.299 e. The van der Waals surface area contributed by atoms with Gasteiger partial charge in [-0.15, -0.1) is 29.8 Å². The third-order valence-electron chi connectivity index (χ3n) is 15.9. The van der Waals surface area contributed by atoms with Crippen molar-refractivity contribution in [3.05, 3.63) is 319 Å². The molecule has 14 aromatic rings. The van der Waals surface area contributed by atoms with Crippen molar-refractivity contribution in [3.8, 4) is 44.3 Å². The number of aryl methyl sites for hydroxylation is 9. The van der Waals surface area contributed by atoms with Crippen LogP contribution in [0.25, 0.3) is 86.9 Å². The molecule has 88 heavy (non-hydrogen) atoms. The molecule has 4 aromatic heterocycles. The molecule has 0 aliphatic rings. The van der Waals surface area contributed by atoms with Crippen LogP contribution in [0.1, 0.15) is 33.4 Å². The molecule has 0 atom stereocenters. The molecule has 4 heterocycles. The van der Waals surface area contributed by atoms with E-state index in [1.54, 1.807) is 0 Å². The fraction of sp³-hybridized carbons (Fsp3) is 0.123. The van der Waals surface area contributed by atoms with Crippen LogP contribution in [0.5, 0.6) is 0 Å². The first-order valence-corrected chi connectivity index (χ1v) is 30.4. The molecule has 5 nitrogen and oxygen atoms in total.